The van der Waals surface area contributed by atoms with Crippen molar-refractivity contribution >= 4 is 0 Å². The second-order valence-electron chi connectivity index (χ2n) is 5.55. The SMILES string of the molecule is CCN(C1CCNC1)C(C)c1c(C)nn(CC)c1C. The minimum Gasteiger partial charge on any atom is -0.315 e. The molecule has 0 radical (unpaired) electrons. The van der Waals surface area contributed by atoms with Crippen LogP contribution in [0.2, 0.25) is 0 Å². The molecule has 4 nitrogen and oxygen atoms in total. The van der Waals surface area contributed by atoms with E-state index in [9.17, 15) is 0 Å². The first-order valence-corrected chi connectivity index (χ1v) is 7.60. The van der Waals surface area contributed by atoms with Gasteiger partial charge in [0.25, 0.3) is 0 Å². The molecule has 19 heavy (non-hydrogen) atoms. The minimum absolute atomic E-state index is 0.454. The van der Waals surface area contributed by atoms with Gasteiger partial charge in [-0.1, -0.05) is 6.92 Å². The van der Waals surface area contributed by atoms with Crippen LogP contribution in [0.3, 0.4) is 0 Å². The van der Waals surface area contributed by atoms with Crippen LogP contribution in [-0.2, 0) is 6.54 Å². The highest BCUT2D eigenvalue weighted by atomic mass is 15.3. The average molecular weight is 264 g/mol. The third kappa shape index (κ3) is 2.70. The highest BCUT2D eigenvalue weighted by Gasteiger charge is 2.28. The van der Waals surface area contributed by atoms with E-state index in [1.165, 1.54) is 23.4 Å². The molecule has 2 atom stereocenters. The number of aromatic nitrogens is 2. The van der Waals surface area contributed by atoms with Gasteiger partial charge >= 0.3 is 0 Å². The van der Waals surface area contributed by atoms with Gasteiger partial charge in [-0.2, -0.15) is 5.10 Å². The van der Waals surface area contributed by atoms with Gasteiger partial charge in [-0.25, -0.2) is 0 Å². The van der Waals surface area contributed by atoms with Crippen molar-refractivity contribution in [3.05, 3.63) is 17.0 Å². The number of hydrogen-bond acceptors (Lipinski definition) is 3. The molecule has 4 heteroatoms. The molecule has 1 saturated heterocycles. The van der Waals surface area contributed by atoms with Gasteiger partial charge in [-0.3, -0.25) is 9.58 Å². The molecule has 1 aromatic heterocycles. The van der Waals surface area contributed by atoms with Gasteiger partial charge in [-0.05, 0) is 47.2 Å². The Morgan fingerprint density at radius 3 is 2.63 bits per heavy atom. The zero-order chi connectivity index (χ0) is 14.0. The highest BCUT2D eigenvalue weighted by Crippen LogP contribution is 2.29. The van der Waals surface area contributed by atoms with Crippen molar-refractivity contribution in [3.63, 3.8) is 0 Å². The summed E-state index contributed by atoms with van der Waals surface area (Å²) in [4.78, 5) is 2.62. The first-order valence-electron chi connectivity index (χ1n) is 7.60. The largest absolute Gasteiger partial charge is 0.315 e. The number of rotatable bonds is 5. The van der Waals surface area contributed by atoms with E-state index >= 15 is 0 Å². The van der Waals surface area contributed by atoms with Gasteiger partial charge in [0.05, 0.1) is 5.69 Å². The summed E-state index contributed by atoms with van der Waals surface area (Å²) in [6.07, 6.45) is 1.26. The summed E-state index contributed by atoms with van der Waals surface area (Å²) in [7, 11) is 0. The van der Waals surface area contributed by atoms with Gasteiger partial charge in [0.15, 0.2) is 0 Å². The number of likely N-dealkylation sites (N-methyl/N-ethyl adjacent to an activating group) is 1. The summed E-state index contributed by atoms with van der Waals surface area (Å²) in [6, 6.07) is 1.12. The summed E-state index contributed by atoms with van der Waals surface area (Å²) in [5, 5.41) is 8.14. The summed E-state index contributed by atoms with van der Waals surface area (Å²) < 4.78 is 2.13. The molecular formula is C15H28N4. The molecule has 108 valence electrons. The topological polar surface area (TPSA) is 33.1 Å². The van der Waals surface area contributed by atoms with Gasteiger partial charge in [0.2, 0.25) is 0 Å². The van der Waals surface area contributed by atoms with E-state index in [4.69, 9.17) is 0 Å². The van der Waals surface area contributed by atoms with E-state index in [0.717, 1.165) is 26.2 Å². The molecule has 0 aliphatic carbocycles. The standard InChI is InChI=1S/C15H28N4/c1-6-18(14-8-9-16-10-14)12(4)15-11(3)17-19(7-2)13(15)5/h12,14,16H,6-10H2,1-5H3. The quantitative estimate of drug-likeness (QED) is 0.885. The smallest absolute Gasteiger partial charge is 0.0644 e. The maximum Gasteiger partial charge on any atom is 0.0644 e. The van der Waals surface area contributed by atoms with E-state index in [2.05, 4.69) is 54.6 Å². The van der Waals surface area contributed by atoms with Crippen molar-refractivity contribution in [1.29, 1.82) is 0 Å². The highest BCUT2D eigenvalue weighted by molar-refractivity contribution is 5.28. The van der Waals surface area contributed by atoms with E-state index in [0.29, 0.717) is 12.1 Å². The van der Waals surface area contributed by atoms with Gasteiger partial charge in [-0.15, -0.1) is 0 Å². The number of aryl methyl sites for hydroxylation is 2. The van der Waals surface area contributed by atoms with E-state index in [1.54, 1.807) is 0 Å². The Bertz CT molecular complexity index is 418. The third-order valence-electron chi connectivity index (χ3n) is 4.52. The van der Waals surface area contributed by atoms with Gasteiger partial charge < -0.3 is 5.32 Å². The number of nitrogens with one attached hydrogen (secondary N) is 1. The van der Waals surface area contributed by atoms with Crippen LogP contribution in [-0.4, -0.2) is 40.4 Å². The van der Waals surface area contributed by atoms with Gasteiger partial charge in [0.1, 0.15) is 0 Å². The van der Waals surface area contributed by atoms with Gasteiger partial charge in [0, 0.05) is 36.4 Å². The third-order valence-corrected chi connectivity index (χ3v) is 4.52. The fourth-order valence-corrected chi connectivity index (χ4v) is 3.56. The summed E-state index contributed by atoms with van der Waals surface area (Å²) in [5.74, 6) is 0. The molecule has 2 heterocycles. The van der Waals surface area contributed by atoms with Crippen LogP contribution in [0.1, 0.15) is 50.2 Å². The molecule has 2 unspecified atom stereocenters. The molecule has 1 aliphatic rings. The molecule has 1 fully saturated rings. The van der Waals surface area contributed by atoms with Crippen LogP contribution < -0.4 is 5.32 Å². The number of hydrogen-bond donors (Lipinski definition) is 1. The van der Waals surface area contributed by atoms with Crippen molar-refractivity contribution in [2.75, 3.05) is 19.6 Å². The summed E-state index contributed by atoms with van der Waals surface area (Å²) >= 11 is 0. The summed E-state index contributed by atoms with van der Waals surface area (Å²) in [5.41, 5.74) is 3.95. The normalized spacial score (nSPS) is 21.3. The fourth-order valence-electron chi connectivity index (χ4n) is 3.56. The van der Waals surface area contributed by atoms with E-state index < -0.39 is 0 Å². The van der Waals surface area contributed by atoms with Crippen molar-refractivity contribution in [2.24, 2.45) is 0 Å². The van der Waals surface area contributed by atoms with Crippen LogP contribution >= 0.6 is 0 Å². The molecule has 1 aromatic rings. The lowest BCUT2D eigenvalue weighted by atomic mass is 10.0. The van der Waals surface area contributed by atoms with Crippen LogP contribution in [0.4, 0.5) is 0 Å². The second-order valence-corrected chi connectivity index (χ2v) is 5.55. The molecule has 0 amide bonds. The zero-order valence-electron chi connectivity index (χ0n) is 13.0. The lowest BCUT2D eigenvalue weighted by Crippen LogP contribution is -2.39. The average Bonchev–Trinajstić information content (AvgIpc) is 2.99. The number of nitrogens with zero attached hydrogens (tertiary/aromatic N) is 3. The Kier molecular flexibility index (Phi) is 4.63. The Morgan fingerprint density at radius 2 is 2.16 bits per heavy atom. The Balaban J connectivity index is 2.26. The minimum atomic E-state index is 0.454. The molecule has 1 N–H and O–H groups in total. The first-order chi connectivity index (χ1) is 9.10. The predicted molar refractivity (Wildman–Crippen MR) is 79.4 cm³/mol. The maximum absolute atomic E-state index is 4.67. The maximum atomic E-state index is 4.67. The van der Waals surface area contributed by atoms with Crippen molar-refractivity contribution in [2.45, 2.75) is 59.7 Å². The fraction of sp³-hybridized carbons (Fsp3) is 0.800. The molecule has 0 saturated carbocycles. The molecular weight excluding hydrogens is 236 g/mol. The zero-order valence-corrected chi connectivity index (χ0v) is 13.0. The van der Waals surface area contributed by atoms with Crippen LogP contribution in [0, 0.1) is 13.8 Å². The Hall–Kier alpha value is -0.870. The van der Waals surface area contributed by atoms with Crippen molar-refractivity contribution in [1.82, 2.24) is 20.0 Å². The van der Waals surface area contributed by atoms with Crippen LogP contribution in [0.15, 0.2) is 0 Å². The molecule has 0 spiro atoms. The van der Waals surface area contributed by atoms with Crippen LogP contribution in [0.5, 0.6) is 0 Å². The Morgan fingerprint density at radius 1 is 1.42 bits per heavy atom. The lowest BCUT2D eigenvalue weighted by Gasteiger charge is -2.33. The predicted octanol–water partition coefficient (Wildman–Crippen LogP) is 2.26. The lowest BCUT2D eigenvalue weighted by molar-refractivity contribution is 0.162. The first kappa shape index (κ1) is 14.5. The van der Waals surface area contributed by atoms with Crippen molar-refractivity contribution in [3.8, 4) is 0 Å². The van der Waals surface area contributed by atoms with E-state index in [-0.39, 0.29) is 0 Å². The molecule has 1 aliphatic heterocycles. The van der Waals surface area contributed by atoms with Crippen LogP contribution in [0.25, 0.3) is 0 Å². The molecule has 0 bridgehead atoms. The Labute approximate surface area is 117 Å². The monoisotopic (exact) mass is 264 g/mol. The molecule has 2 rings (SSSR count). The summed E-state index contributed by atoms with van der Waals surface area (Å²) in [6.45, 7) is 15.4. The second kappa shape index (κ2) is 6.06. The molecule has 0 aromatic carbocycles. The van der Waals surface area contributed by atoms with Crippen molar-refractivity contribution < 1.29 is 0 Å². The van der Waals surface area contributed by atoms with E-state index in [1.807, 2.05) is 0 Å².